The molecule has 2 aromatic carbocycles. The Kier molecular flexibility index (Phi) is 3.77. The predicted molar refractivity (Wildman–Crippen MR) is 93.1 cm³/mol. The topological polar surface area (TPSA) is 84.5 Å². The maximum Gasteiger partial charge on any atom is 0.262 e. The molecule has 2 aromatic rings. The first-order valence-electron chi connectivity index (χ1n) is 8.10. The minimum Gasteiger partial charge on any atom is -0.482 e. The number of amides is 1. The largest absolute Gasteiger partial charge is 0.482 e. The molecule has 0 radical (unpaired) electrons. The second-order valence-corrected chi connectivity index (χ2v) is 8.23. The van der Waals surface area contributed by atoms with Gasteiger partial charge in [0.2, 0.25) is 10.0 Å². The van der Waals surface area contributed by atoms with Crippen LogP contribution in [-0.2, 0) is 20.2 Å². The van der Waals surface area contributed by atoms with E-state index in [2.05, 4.69) is 10.0 Å². The summed E-state index contributed by atoms with van der Waals surface area (Å²) in [6.07, 6.45) is 1.93. The number of carbonyl (C=O) groups excluding carboxylic acids is 1. The van der Waals surface area contributed by atoms with E-state index in [0.717, 1.165) is 18.4 Å². The van der Waals surface area contributed by atoms with Gasteiger partial charge >= 0.3 is 0 Å². The standard InChI is InChI=1S/C18H18N2O4S/c21-17-11-24-16-7-6-14(10-15(16)20-17)25(22,23)19-12-18(8-9-18)13-4-2-1-3-5-13/h1-7,10,19H,8-9,11-12H2,(H,20,21). The van der Waals surface area contributed by atoms with Crippen LogP contribution in [0.3, 0.4) is 0 Å². The molecule has 1 aliphatic carbocycles. The van der Waals surface area contributed by atoms with E-state index in [1.807, 2.05) is 30.3 Å². The van der Waals surface area contributed by atoms with Gasteiger partial charge in [-0.2, -0.15) is 0 Å². The molecule has 1 fully saturated rings. The highest BCUT2D eigenvalue weighted by atomic mass is 32.2. The summed E-state index contributed by atoms with van der Waals surface area (Å²) in [7, 11) is -3.67. The van der Waals surface area contributed by atoms with Gasteiger partial charge in [0.1, 0.15) is 5.75 Å². The van der Waals surface area contributed by atoms with E-state index in [1.165, 1.54) is 12.1 Å². The summed E-state index contributed by atoms with van der Waals surface area (Å²) >= 11 is 0. The van der Waals surface area contributed by atoms with Gasteiger partial charge < -0.3 is 10.1 Å². The smallest absolute Gasteiger partial charge is 0.262 e. The fourth-order valence-electron chi connectivity index (χ4n) is 3.06. The molecule has 0 atom stereocenters. The average molecular weight is 358 g/mol. The number of rotatable bonds is 5. The van der Waals surface area contributed by atoms with Gasteiger partial charge in [-0.15, -0.1) is 0 Å². The molecule has 25 heavy (non-hydrogen) atoms. The molecule has 0 aromatic heterocycles. The summed E-state index contributed by atoms with van der Waals surface area (Å²) in [5.41, 5.74) is 1.42. The van der Waals surface area contributed by atoms with E-state index >= 15 is 0 Å². The summed E-state index contributed by atoms with van der Waals surface area (Å²) < 4.78 is 33.3. The van der Waals surface area contributed by atoms with E-state index in [1.54, 1.807) is 6.07 Å². The second kappa shape index (κ2) is 5.86. The Morgan fingerprint density at radius 3 is 2.60 bits per heavy atom. The molecule has 2 N–H and O–H groups in total. The molecule has 0 bridgehead atoms. The first-order chi connectivity index (χ1) is 12.0. The van der Waals surface area contributed by atoms with Gasteiger partial charge in [-0.25, -0.2) is 13.1 Å². The van der Waals surface area contributed by atoms with Crippen LogP contribution >= 0.6 is 0 Å². The number of hydrogen-bond donors (Lipinski definition) is 2. The predicted octanol–water partition coefficient (Wildman–Crippen LogP) is 2.03. The molecule has 0 unspecified atom stereocenters. The molecule has 4 rings (SSSR count). The number of ether oxygens (including phenoxy) is 1. The first-order valence-corrected chi connectivity index (χ1v) is 9.59. The van der Waals surface area contributed by atoms with Crippen LogP contribution in [0.5, 0.6) is 5.75 Å². The zero-order valence-corrected chi connectivity index (χ0v) is 14.3. The zero-order chi connectivity index (χ0) is 17.5. The zero-order valence-electron chi connectivity index (χ0n) is 13.5. The lowest BCUT2D eigenvalue weighted by Gasteiger charge is -2.19. The average Bonchev–Trinajstić information content (AvgIpc) is 3.41. The Hall–Kier alpha value is -2.38. The maximum absolute atomic E-state index is 12.6. The molecule has 1 amide bonds. The third-order valence-electron chi connectivity index (χ3n) is 4.73. The quantitative estimate of drug-likeness (QED) is 0.856. The number of carbonyl (C=O) groups is 1. The third kappa shape index (κ3) is 3.12. The van der Waals surface area contributed by atoms with Crippen molar-refractivity contribution in [3.63, 3.8) is 0 Å². The summed E-state index contributed by atoms with van der Waals surface area (Å²) in [6.45, 7) is 0.302. The van der Waals surface area contributed by atoms with Gasteiger partial charge in [0, 0.05) is 12.0 Å². The Morgan fingerprint density at radius 1 is 1.12 bits per heavy atom. The Labute approximate surface area is 146 Å². The lowest BCUT2D eigenvalue weighted by atomic mass is 9.96. The van der Waals surface area contributed by atoms with Gasteiger partial charge in [0.15, 0.2) is 6.61 Å². The van der Waals surface area contributed by atoms with Crippen molar-refractivity contribution < 1.29 is 17.9 Å². The molecular formula is C18H18N2O4S. The molecule has 6 nitrogen and oxygen atoms in total. The molecule has 1 aliphatic heterocycles. The number of benzene rings is 2. The number of fused-ring (bicyclic) bond motifs is 1. The van der Waals surface area contributed by atoms with Gasteiger partial charge in [-0.3, -0.25) is 4.79 Å². The Morgan fingerprint density at radius 2 is 1.88 bits per heavy atom. The minimum atomic E-state index is -3.67. The summed E-state index contributed by atoms with van der Waals surface area (Å²) in [6, 6.07) is 14.4. The van der Waals surface area contributed by atoms with E-state index < -0.39 is 10.0 Å². The van der Waals surface area contributed by atoms with Crippen LogP contribution in [0.2, 0.25) is 0 Å². The third-order valence-corrected chi connectivity index (χ3v) is 6.13. The van der Waals surface area contributed by atoms with Crippen LogP contribution in [0.15, 0.2) is 53.4 Å². The van der Waals surface area contributed by atoms with Crippen LogP contribution in [0.1, 0.15) is 18.4 Å². The second-order valence-electron chi connectivity index (χ2n) is 6.47. The Bertz CT molecular complexity index is 921. The van der Waals surface area contributed by atoms with Gasteiger partial charge in [-0.1, -0.05) is 30.3 Å². The maximum atomic E-state index is 12.6. The van der Waals surface area contributed by atoms with Gasteiger partial charge in [0.25, 0.3) is 5.91 Å². The highest BCUT2D eigenvalue weighted by Crippen LogP contribution is 2.47. The van der Waals surface area contributed by atoms with Crippen molar-refractivity contribution in [1.29, 1.82) is 0 Å². The van der Waals surface area contributed by atoms with Crippen LogP contribution in [0.4, 0.5) is 5.69 Å². The number of hydrogen-bond acceptors (Lipinski definition) is 4. The van der Waals surface area contributed by atoms with Crippen LogP contribution in [0, 0.1) is 0 Å². The number of nitrogens with one attached hydrogen (secondary N) is 2. The van der Waals surface area contributed by atoms with Crippen LogP contribution in [0.25, 0.3) is 0 Å². The molecule has 0 saturated heterocycles. The van der Waals surface area contributed by atoms with Gasteiger partial charge in [0.05, 0.1) is 10.6 Å². The van der Waals surface area contributed by atoms with E-state index in [4.69, 9.17) is 4.74 Å². The van der Waals surface area contributed by atoms with Crippen molar-refractivity contribution in [2.45, 2.75) is 23.2 Å². The van der Waals surface area contributed by atoms with E-state index in [9.17, 15) is 13.2 Å². The highest BCUT2D eigenvalue weighted by molar-refractivity contribution is 7.89. The summed E-state index contributed by atoms with van der Waals surface area (Å²) in [5.74, 6) is 0.178. The van der Waals surface area contributed by atoms with Crippen molar-refractivity contribution in [2.24, 2.45) is 0 Å². The fraction of sp³-hybridized carbons (Fsp3) is 0.278. The minimum absolute atomic E-state index is 0.0586. The highest BCUT2D eigenvalue weighted by Gasteiger charge is 2.44. The van der Waals surface area contributed by atoms with E-state index in [0.29, 0.717) is 18.0 Å². The lowest BCUT2D eigenvalue weighted by molar-refractivity contribution is -0.118. The van der Waals surface area contributed by atoms with E-state index in [-0.39, 0.29) is 22.8 Å². The monoisotopic (exact) mass is 358 g/mol. The lowest BCUT2D eigenvalue weighted by Crippen LogP contribution is -2.32. The molecule has 0 spiro atoms. The molecule has 7 heteroatoms. The molecule has 1 heterocycles. The molecule has 130 valence electrons. The van der Waals surface area contributed by atoms with Crippen LogP contribution in [-0.4, -0.2) is 27.5 Å². The summed E-state index contributed by atoms with van der Waals surface area (Å²) in [4.78, 5) is 11.5. The molecule has 1 saturated carbocycles. The Balaban J connectivity index is 1.53. The fourth-order valence-corrected chi connectivity index (χ4v) is 4.21. The van der Waals surface area contributed by atoms with Crippen LogP contribution < -0.4 is 14.8 Å². The number of anilines is 1. The SMILES string of the molecule is O=C1COc2ccc(S(=O)(=O)NCC3(c4ccccc4)CC3)cc2N1. The van der Waals surface area contributed by atoms with Crippen molar-refractivity contribution >= 4 is 21.6 Å². The van der Waals surface area contributed by atoms with Gasteiger partial charge in [-0.05, 0) is 36.6 Å². The van der Waals surface area contributed by atoms with Crippen molar-refractivity contribution in [2.75, 3.05) is 18.5 Å². The molecular weight excluding hydrogens is 340 g/mol. The normalized spacial score (nSPS) is 18.0. The van der Waals surface area contributed by atoms with Crippen molar-refractivity contribution in [3.8, 4) is 5.75 Å². The van der Waals surface area contributed by atoms with Crippen molar-refractivity contribution in [3.05, 3.63) is 54.1 Å². The van der Waals surface area contributed by atoms with Crippen molar-refractivity contribution in [1.82, 2.24) is 4.72 Å². The number of sulfonamides is 1. The molecule has 2 aliphatic rings. The summed E-state index contributed by atoms with van der Waals surface area (Å²) in [5, 5.41) is 2.63. The first kappa shape index (κ1) is 16.1.